The molecule has 0 aliphatic heterocycles. The van der Waals surface area contributed by atoms with Gasteiger partial charge in [-0.3, -0.25) is 0 Å². The van der Waals surface area contributed by atoms with Crippen molar-refractivity contribution in [1.82, 2.24) is 4.98 Å². The summed E-state index contributed by atoms with van der Waals surface area (Å²) in [4.78, 5) is 15.1. The van der Waals surface area contributed by atoms with Crippen molar-refractivity contribution in [2.24, 2.45) is 0 Å². The van der Waals surface area contributed by atoms with E-state index in [1.54, 1.807) is 25.3 Å². The molecule has 0 aliphatic carbocycles. The van der Waals surface area contributed by atoms with Crippen molar-refractivity contribution in [1.29, 1.82) is 0 Å². The van der Waals surface area contributed by atoms with Crippen LogP contribution in [0, 0.1) is 6.92 Å². The number of pyridine rings is 1. The second-order valence-electron chi connectivity index (χ2n) is 4.14. The Labute approximate surface area is 110 Å². The Bertz CT molecular complexity index is 639. The fraction of sp³-hybridized carbons (Fsp3) is 0.143. The summed E-state index contributed by atoms with van der Waals surface area (Å²) in [5.74, 6) is -0.349. The number of hydrogen-bond donors (Lipinski definition) is 2. The molecule has 1 aromatic carbocycles. The zero-order valence-corrected chi connectivity index (χ0v) is 10.7. The van der Waals surface area contributed by atoms with Gasteiger partial charge in [0.1, 0.15) is 11.6 Å². The van der Waals surface area contributed by atoms with Gasteiger partial charge < -0.3 is 15.6 Å². The molecule has 1 heterocycles. The van der Waals surface area contributed by atoms with Crippen molar-refractivity contribution in [3.05, 3.63) is 41.6 Å². The molecule has 0 spiro atoms. The Balaban J connectivity index is 2.71. The summed E-state index contributed by atoms with van der Waals surface area (Å²) in [6.07, 6.45) is 0. The quantitative estimate of drug-likeness (QED) is 0.882. The summed E-state index contributed by atoms with van der Waals surface area (Å²) in [7, 11) is 1.54. The maximum absolute atomic E-state index is 11.3. The average Bonchev–Trinajstić information content (AvgIpc) is 2.38. The van der Waals surface area contributed by atoms with Crippen LogP contribution in [0.2, 0.25) is 0 Å². The molecule has 0 saturated heterocycles. The molecule has 0 radical (unpaired) electrons. The molecule has 1 aromatic heterocycles. The van der Waals surface area contributed by atoms with Gasteiger partial charge in [-0.15, -0.1) is 0 Å². The van der Waals surface area contributed by atoms with Crippen LogP contribution >= 0.6 is 0 Å². The van der Waals surface area contributed by atoms with Crippen LogP contribution in [0.1, 0.15) is 16.1 Å². The number of carbonyl (C=O) groups is 1. The fourth-order valence-electron chi connectivity index (χ4n) is 1.89. The number of ether oxygens (including phenoxy) is 1. The minimum Gasteiger partial charge on any atom is -0.496 e. The van der Waals surface area contributed by atoms with E-state index in [9.17, 15) is 9.90 Å². The van der Waals surface area contributed by atoms with Gasteiger partial charge in [-0.1, -0.05) is 11.6 Å². The van der Waals surface area contributed by atoms with Gasteiger partial charge in [0.15, 0.2) is 5.69 Å². The SMILES string of the molecule is COc1ccc(C)cc1-c1ccc(N)nc1C(=O)O. The van der Waals surface area contributed by atoms with Crippen molar-refractivity contribution in [3.8, 4) is 16.9 Å². The zero-order chi connectivity index (χ0) is 14.0. The smallest absolute Gasteiger partial charge is 0.355 e. The van der Waals surface area contributed by atoms with Gasteiger partial charge in [-0.05, 0) is 31.2 Å². The van der Waals surface area contributed by atoms with Gasteiger partial charge in [-0.2, -0.15) is 0 Å². The first-order valence-corrected chi connectivity index (χ1v) is 5.67. The van der Waals surface area contributed by atoms with E-state index in [2.05, 4.69) is 4.98 Å². The van der Waals surface area contributed by atoms with Crippen LogP contribution in [-0.2, 0) is 0 Å². The number of anilines is 1. The normalized spacial score (nSPS) is 10.2. The van der Waals surface area contributed by atoms with E-state index in [-0.39, 0.29) is 11.5 Å². The Morgan fingerprint density at radius 3 is 2.63 bits per heavy atom. The van der Waals surface area contributed by atoms with Crippen molar-refractivity contribution in [2.45, 2.75) is 6.92 Å². The molecule has 0 saturated carbocycles. The van der Waals surface area contributed by atoms with E-state index in [0.29, 0.717) is 16.9 Å². The van der Waals surface area contributed by atoms with Gasteiger partial charge in [0.05, 0.1) is 7.11 Å². The largest absolute Gasteiger partial charge is 0.496 e. The number of nitrogen functional groups attached to an aromatic ring is 1. The average molecular weight is 258 g/mol. The van der Waals surface area contributed by atoms with Gasteiger partial charge in [0, 0.05) is 11.1 Å². The number of rotatable bonds is 3. The molecule has 0 aliphatic rings. The summed E-state index contributed by atoms with van der Waals surface area (Å²) in [6.45, 7) is 1.92. The molecule has 0 bridgehead atoms. The molecular formula is C14H14N2O3. The molecular weight excluding hydrogens is 244 g/mol. The maximum Gasteiger partial charge on any atom is 0.355 e. The summed E-state index contributed by atoms with van der Waals surface area (Å²) >= 11 is 0. The van der Waals surface area contributed by atoms with Gasteiger partial charge >= 0.3 is 5.97 Å². The highest BCUT2D eigenvalue weighted by atomic mass is 16.5. The van der Waals surface area contributed by atoms with Crippen LogP contribution in [0.4, 0.5) is 5.82 Å². The number of aromatic carboxylic acids is 1. The lowest BCUT2D eigenvalue weighted by molar-refractivity contribution is 0.0691. The molecule has 0 unspecified atom stereocenters. The first kappa shape index (κ1) is 12.9. The number of carboxylic acid groups (broad SMARTS) is 1. The molecule has 19 heavy (non-hydrogen) atoms. The van der Waals surface area contributed by atoms with Crippen molar-refractivity contribution < 1.29 is 14.6 Å². The molecule has 98 valence electrons. The second kappa shape index (κ2) is 4.97. The lowest BCUT2D eigenvalue weighted by Crippen LogP contribution is -2.06. The number of benzene rings is 1. The number of nitrogens with zero attached hydrogens (tertiary/aromatic N) is 1. The predicted octanol–water partition coefficient (Wildman–Crippen LogP) is 2.35. The van der Waals surface area contributed by atoms with E-state index in [1.165, 1.54) is 0 Å². The Hall–Kier alpha value is -2.56. The Kier molecular flexibility index (Phi) is 3.37. The first-order valence-electron chi connectivity index (χ1n) is 5.67. The lowest BCUT2D eigenvalue weighted by atomic mass is 10.0. The molecule has 0 fully saturated rings. The maximum atomic E-state index is 11.3. The lowest BCUT2D eigenvalue weighted by Gasteiger charge is -2.11. The van der Waals surface area contributed by atoms with Crippen LogP contribution in [-0.4, -0.2) is 23.2 Å². The van der Waals surface area contributed by atoms with Crippen molar-refractivity contribution in [2.75, 3.05) is 12.8 Å². The van der Waals surface area contributed by atoms with Crippen LogP contribution in [0.25, 0.3) is 11.1 Å². The third-order valence-corrected chi connectivity index (χ3v) is 2.76. The van der Waals surface area contributed by atoms with Crippen molar-refractivity contribution >= 4 is 11.8 Å². The summed E-state index contributed by atoms with van der Waals surface area (Å²) < 4.78 is 5.27. The van der Waals surface area contributed by atoms with E-state index < -0.39 is 5.97 Å². The van der Waals surface area contributed by atoms with E-state index in [0.717, 1.165) is 5.56 Å². The number of carboxylic acids is 1. The number of methoxy groups -OCH3 is 1. The standard InChI is InChI=1S/C14H14N2O3/c1-8-3-5-11(19-2)10(7-8)9-4-6-12(15)16-13(9)14(17)18/h3-7H,1-2H3,(H2,15,16)(H,17,18). The van der Waals surface area contributed by atoms with Gasteiger partial charge in [-0.25, -0.2) is 9.78 Å². The number of hydrogen-bond acceptors (Lipinski definition) is 4. The van der Waals surface area contributed by atoms with Crippen LogP contribution in [0.15, 0.2) is 30.3 Å². The highest BCUT2D eigenvalue weighted by Crippen LogP contribution is 2.33. The molecule has 2 rings (SSSR count). The topological polar surface area (TPSA) is 85.4 Å². The highest BCUT2D eigenvalue weighted by molar-refractivity contribution is 5.95. The van der Waals surface area contributed by atoms with Gasteiger partial charge in [0.25, 0.3) is 0 Å². The minimum atomic E-state index is -1.12. The third-order valence-electron chi connectivity index (χ3n) is 2.76. The summed E-state index contributed by atoms with van der Waals surface area (Å²) in [5, 5.41) is 9.23. The molecule has 2 aromatic rings. The number of aryl methyl sites for hydroxylation is 1. The highest BCUT2D eigenvalue weighted by Gasteiger charge is 2.17. The molecule has 3 N–H and O–H groups in total. The third kappa shape index (κ3) is 2.49. The minimum absolute atomic E-state index is 0.0797. The Morgan fingerprint density at radius 2 is 2.00 bits per heavy atom. The van der Waals surface area contributed by atoms with E-state index >= 15 is 0 Å². The number of aromatic nitrogens is 1. The van der Waals surface area contributed by atoms with E-state index in [4.69, 9.17) is 10.5 Å². The predicted molar refractivity (Wildman–Crippen MR) is 72.3 cm³/mol. The van der Waals surface area contributed by atoms with Crippen LogP contribution < -0.4 is 10.5 Å². The molecule has 0 amide bonds. The zero-order valence-electron chi connectivity index (χ0n) is 10.7. The van der Waals surface area contributed by atoms with Crippen molar-refractivity contribution in [3.63, 3.8) is 0 Å². The Morgan fingerprint density at radius 1 is 1.26 bits per heavy atom. The molecule has 5 heteroatoms. The second-order valence-corrected chi connectivity index (χ2v) is 4.14. The van der Waals surface area contributed by atoms with Crippen LogP contribution in [0.5, 0.6) is 5.75 Å². The van der Waals surface area contributed by atoms with Gasteiger partial charge in [0.2, 0.25) is 0 Å². The summed E-state index contributed by atoms with van der Waals surface area (Å²) in [6, 6.07) is 8.77. The first-order chi connectivity index (χ1) is 9.02. The molecule has 0 atom stereocenters. The monoisotopic (exact) mass is 258 g/mol. The fourth-order valence-corrected chi connectivity index (χ4v) is 1.89. The number of nitrogens with two attached hydrogens (primary N) is 1. The molecule has 5 nitrogen and oxygen atoms in total. The van der Waals surface area contributed by atoms with E-state index in [1.807, 2.05) is 19.1 Å². The summed E-state index contributed by atoms with van der Waals surface area (Å²) in [5.41, 5.74) is 7.64. The van der Waals surface area contributed by atoms with Crippen LogP contribution in [0.3, 0.4) is 0 Å².